The van der Waals surface area contributed by atoms with E-state index in [4.69, 9.17) is 0 Å². The summed E-state index contributed by atoms with van der Waals surface area (Å²) in [6, 6.07) is 15.7. The Bertz CT molecular complexity index is 1870. The Hall–Kier alpha value is -4.73. The SMILES string of the molecule is CCCCCCCc1ccc(-c2ccc(-c3cc(F)c(C(F)(F)Oc4ccc(-c5cc(F)c(F)c(F)c5)c(F)c4)c(F)c3)c(F)c2)cc1. The summed E-state index contributed by atoms with van der Waals surface area (Å²) in [6.45, 7) is 2.16. The normalized spacial score (nSPS) is 11.6. The summed E-state index contributed by atoms with van der Waals surface area (Å²) >= 11 is 0. The summed E-state index contributed by atoms with van der Waals surface area (Å²) in [7, 11) is 0. The molecule has 1 nitrogen and oxygen atoms in total. The summed E-state index contributed by atoms with van der Waals surface area (Å²) < 4.78 is 135. The standard InChI is InChI=1S/C38H29F9O/c1-2-3-4-5-6-7-22-8-10-23(11-9-22)24-12-14-28(30(39)16-24)25-17-32(41)36(33(42)18-25)38(46,47)48-27-13-15-29(31(40)21-27)26-19-34(43)37(45)35(44)20-26/h8-21H,2-7H2,1H3. The van der Waals surface area contributed by atoms with Crippen LogP contribution in [0.4, 0.5) is 39.5 Å². The first-order valence-corrected chi connectivity index (χ1v) is 15.3. The highest BCUT2D eigenvalue weighted by Gasteiger charge is 2.41. The zero-order chi connectivity index (χ0) is 34.6. The molecule has 0 unspecified atom stereocenters. The Morgan fingerprint density at radius 1 is 0.500 bits per heavy atom. The first kappa shape index (κ1) is 34.6. The average molecular weight is 673 g/mol. The number of alkyl halides is 2. The molecule has 0 atom stereocenters. The summed E-state index contributed by atoms with van der Waals surface area (Å²) in [4.78, 5) is 0. The number of ether oxygens (including phenoxy) is 1. The molecule has 0 N–H and O–H groups in total. The fourth-order valence-electron chi connectivity index (χ4n) is 5.44. The van der Waals surface area contributed by atoms with Gasteiger partial charge in [0.2, 0.25) is 0 Å². The number of unbranched alkanes of at least 4 members (excludes halogenated alkanes) is 4. The van der Waals surface area contributed by atoms with Crippen molar-refractivity contribution in [2.45, 2.75) is 51.6 Å². The zero-order valence-electron chi connectivity index (χ0n) is 25.6. The highest BCUT2D eigenvalue weighted by Crippen LogP contribution is 2.39. The maximum atomic E-state index is 15.2. The zero-order valence-corrected chi connectivity index (χ0v) is 25.6. The van der Waals surface area contributed by atoms with Crippen LogP contribution < -0.4 is 4.74 Å². The number of halogens is 9. The van der Waals surface area contributed by atoms with Gasteiger partial charge in [-0.25, -0.2) is 30.7 Å². The Morgan fingerprint density at radius 3 is 1.56 bits per heavy atom. The highest BCUT2D eigenvalue weighted by atomic mass is 19.3. The van der Waals surface area contributed by atoms with E-state index in [1.54, 1.807) is 6.07 Å². The van der Waals surface area contributed by atoms with Gasteiger partial charge in [0.1, 0.15) is 34.6 Å². The van der Waals surface area contributed by atoms with Crippen molar-refractivity contribution >= 4 is 0 Å². The second-order valence-electron chi connectivity index (χ2n) is 11.4. The lowest BCUT2D eigenvalue weighted by molar-refractivity contribution is -0.189. The summed E-state index contributed by atoms with van der Waals surface area (Å²) in [5, 5.41) is 0. The van der Waals surface area contributed by atoms with Crippen molar-refractivity contribution in [3.05, 3.63) is 137 Å². The monoisotopic (exact) mass is 672 g/mol. The van der Waals surface area contributed by atoms with Gasteiger partial charge in [-0.2, -0.15) is 8.78 Å². The number of benzene rings is 5. The molecule has 48 heavy (non-hydrogen) atoms. The number of aryl methyl sites for hydroxylation is 1. The molecular formula is C38H29F9O. The second kappa shape index (κ2) is 14.6. The van der Waals surface area contributed by atoms with Gasteiger partial charge in [-0.3, -0.25) is 0 Å². The van der Waals surface area contributed by atoms with Crippen molar-refractivity contribution in [2.75, 3.05) is 0 Å². The van der Waals surface area contributed by atoms with E-state index in [1.165, 1.54) is 31.4 Å². The van der Waals surface area contributed by atoms with Gasteiger partial charge in [-0.1, -0.05) is 69.0 Å². The predicted molar refractivity (Wildman–Crippen MR) is 166 cm³/mol. The molecule has 5 rings (SSSR count). The Labute approximate surface area is 271 Å². The van der Waals surface area contributed by atoms with Crippen LogP contribution in [0.25, 0.3) is 33.4 Å². The van der Waals surface area contributed by atoms with Crippen LogP contribution in [0.2, 0.25) is 0 Å². The molecule has 5 aromatic rings. The van der Waals surface area contributed by atoms with Gasteiger partial charge in [0, 0.05) is 17.2 Å². The van der Waals surface area contributed by atoms with Crippen LogP contribution in [0, 0.1) is 40.7 Å². The van der Waals surface area contributed by atoms with Crippen LogP contribution >= 0.6 is 0 Å². The van der Waals surface area contributed by atoms with Gasteiger partial charge < -0.3 is 4.74 Å². The van der Waals surface area contributed by atoms with Gasteiger partial charge >= 0.3 is 6.11 Å². The van der Waals surface area contributed by atoms with Gasteiger partial charge in [-0.05, 0) is 83.1 Å². The van der Waals surface area contributed by atoms with Crippen LogP contribution in [0.15, 0.2) is 84.9 Å². The van der Waals surface area contributed by atoms with Crippen molar-refractivity contribution in [3.63, 3.8) is 0 Å². The average Bonchev–Trinajstić information content (AvgIpc) is 3.03. The molecule has 0 spiro atoms. The van der Waals surface area contributed by atoms with Gasteiger partial charge in [0.05, 0.1) is 0 Å². The third-order valence-electron chi connectivity index (χ3n) is 7.95. The smallest absolute Gasteiger partial charge is 0.429 e. The van der Waals surface area contributed by atoms with Crippen LogP contribution in [-0.4, -0.2) is 0 Å². The Morgan fingerprint density at radius 2 is 1.00 bits per heavy atom. The lowest BCUT2D eigenvalue weighted by atomic mass is 9.97. The van der Waals surface area contributed by atoms with E-state index in [2.05, 4.69) is 11.7 Å². The number of rotatable bonds is 12. The lowest BCUT2D eigenvalue weighted by Crippen LogP contribution is -2.25. The van der Waals surface area contributed by atoms with E-state index in [9.17, 15) is 17.6 Å². The maximum absolute atomic E-state index is 15.2. The van der Waals surface area contributed by atoms with Crippen molar-refractivity contribution in [3.8, 4) is 39.1 Å². The van der Waals surface area contributed by atoms with Crippen LogP contribution in [-0.2, 0) is 12.5 Å². The van der Waals surface area contributed by atoms with Crippen LogP contribution in [0.3, 0.4) is 0 Å². The molecule has 0 aliphatic heterocycles. The van der Waals surface area contributed by atoms with Crippen LogP contribution in [0.5, 0.6) is 5.75 Å². The number of hydrogen-bond donors (Lipinski definition) is 0. The van der Waals surface area contributed by atoms with E-state index >= 15 is 22.0 Å². The topological polar surface area (TPSA) is 9.23 Å². The van der Waals surface area contributed by atoms with E-state index < -0.39 is 69.3 Å². The highest BCUT2D eigenvalue weighted by molar-refractivity contribution is 5.71. The second-order valence-corrected chi connectivity index (χ2v) is 11.4. The molecule has 0 radical (unpaired) electrons. The van der Waals surface area contributed by atoms with Gasteiger partial charge in [-0.15, -0.1) is 0 Å². The molecule has 0 saturated heterocycles. The molecule has 0 bridgehead atoms. The molecule has 0 aliphatic rings. The molecule has 10 heteroatoms. The minimum absolute atomic E-state index is 0.234. The Kier molecular flexibility index (Phi) is 10.5. The third-order valence-corrected chi connectivity index (χ3v) is 7.95. The molecule has 250 valence electrons. The van der Waals surface area contributed by atoms with Crippen molar-refractivity contribution < 1.29 is 44.3 Å². The molecule has 0 amide bonds. The van der Waals surface area contributed by atoms with E-state index in [-0.39, 0.29) is 11.1 Å². The van der Waals surface area contributed by atoms with E-state index in [0.29, 0.717) is 35.9 Å². The number of hydrogen-bond acceptors (Lipinski definition) is 1. The molecular weight excluding hydrogens is 643 g/mol. The van der Waals surface area contributed by atoms with Crippen molar-refractivity contribution in [2.24, 2.45) is 0 Å². The molecule has 0 heterocycles. The van der Waals surface area contributed by atoms with Gasteiger partial charge in [0.15, 0.2) is 17.5 Å². The molecule has 0 aliphatic carbocycles. The molecule has 0 aromatic heterocycles. The predicted octanol–water partition coefficient (Wildman–Crippen LogP) is 12.3. The first-order chi connectivity index (χ1) is 22.9. The third kappa shape index (κ3) is 7.69. The fraction of sp³-hybridized carbons (Fsp3) is 0.211. The minimum atomic E-state index is -4.67. The maximum Gasteiger partial charge on any atom is 0.432 e. The quantitative estimate of drug-likeness (QED) is 0.0728. The van der Waals surface area contributed by atoms with E-state index in [1.807, 2.05) is 24.3 Å². The Balaban J connectivity index is 1.32. The molecule has 0 saturated carbocycles. The summed E-state index contributed by atoms with van der Waals surface area (Å²) in [6.07, 6.45) is 2.06. The van der Waals surface area contributed by atoms with E-state index in [0.717, 1.165) is 42.5 Å². The summed E-state index contributed by atoms with van der Waals surface area (Å²) in [5.74, 6) is -11.5. The largest absolute Gasteiger partial charge is 0.432 e. The molecule has 0 fully saturated rings. The molecule has 5 aromatic carbocycles. The summed E-state index contributed by atoms with van der Waals surface area (Å²) in [5.41, 5.74) is -0.915. The fourth-order valence-corrected chi connectivity index (χ4v) is 5.44. The first-order valence-electron chi connectivity index (χ1n) is 15.3. The van der Waals surface area contributed by atoms with Crippen LogP contribution in [0.1, 0.15) is 50.2 Å². The van der Waals surface area contributed by atoms with Gasteiger partial charge in [0.25, 0.3) is 0 Å². The lowest BCUT2D eigenvalue weighted by Gasteiger charge is -2.20. The minimum Gasteiger partial charge on any atom is -0.429 e. The van der Waals surface area contributed by atoms with Crippen molar-refractivity contribution in [1.82, 2.24) is 0 Å². The van der Waals surface area contributed by atoms with Crippen molar-refractivity contribution in [1.29, 1.82) is 0 Å².